The van der Waals surface area contributed by atoms with Gasteiger partial charge in [-0.25, -0.2) is 0 Å². The van der Waals surface area contributed by atoms with Crippen LogP contribution in [0, 0.1) is 0 Å². The fourth-order valence-corrected chi connectivity index (χ4v) is 2.25. The third-order valence-electron chi connectivity index (χ3n) is 1.50. The van der Waals surface area contributed by atoms with Gasteiger partial charge >= 0.3 is 0 Å². The predicted octanol–water partition coefficient (Wildman–Crippen LogP) is 2.26. The van der Waals surface area contributed by atoms with Crippen LogP contribution in [0.4, 0.5) is 0 Å². The van der Waals surface area contributed by atoms with E-state index in [2.05, 4.69) is 20.8 Å². The Morgan fingerprint density at radius 3 is 1.12 bits per heavy atom. The maximum absolute atomic E-state index is 2.31. The molecule has 0 atom stereocenters. The predicted molar refractivity (Wildman–Crippen MR) is 39.9 cm³/mol. The van der Waals surface area contributed by atoms with Crippen molar-refractivity contribution in [1.82, 2.24) is 0 Å². The minimum Gasteiger partial charge on any atom is -0.0313 e. The average Bonchev–Trinajstić information content (AvgIpc) is 1.72. The Hall–Kier alpha value is 1.12. The van der Waals surface area contributed by atoms with Crippen LogP contribution < -0.4 is 0 Å². The average molecular weight is 303 g/mol. The van der Waals surface area contributed by atoms with E-state index in [1.165, 1.54) is 18.5 Å². The Labute approximate surface area is 68.5 Å². The first-order valence-corrected chi connectivity index (χ1v) is 5.30. The molecule has 50 valence electrons. The van der Waals surface area contributed by atoms with Gasteiger partial charge in [0, 0.05) is 21.1 Å². The summed E-state index contributed by atoms with van der Waals surface area (Å²) in [4.78, 5) is 0. The van der Waals surface area contributed by atoms with Crippen molar-refractivity contribution >= 4 is 7.92 Å². The van der Waals surface area contributed by atoms with Gasteiger partial charge in [0.2, 0.25) is 0 Å². The minimum absolute atomic E-state index is 0. The normalized spacial score (nSPS) is 9.00. The number of hydrogen-bond donors (Lipinski definition) is 0. The molecule has 0 spiro atoms. The van der Waals surface area contributed by atoms with Crippen LogP contribution in [0.5, 0.6) is 0 Å². The summed E-state index contributed by atoms with van der Waals surface area (Å²) in [6, 6.07) is 0. The summed E-state index contributed by atoms with van der Waals surface area (Å²) < 4.78 is 0. The molecule has 0 N–H and O–H groups in total. The summed E-state index contributed by atoms with van der Waals surface area (Å²) in [7, 11) is 0.137. The Morgan fingerprint density at radius 2 is 1.12 bits per heavy atom. The molecule has 0 unspecified atom stereocenters. The molecule has 0 radical (unpaired) electrons. The zero-order chi connectivity index (χ0) is 5.70. The molecule has 0 aliphatic carbocycles. The van der Waals surface area contributed by atoms with Gasteiger partial charge < -0.3 is 0 Å². The van der Waals surface area contributed by atoms with Crippen LogP contribution in [0.25, 0.3) is 0 Å². The Balaban J connectivity index is 0. The molecule has 0 saturated carbocycles. The zero-order valence-electron chi connectivity index (χ0n) is 6.03. The molecule has 8 heavy (non-hydrogen) atoms. The SMILES string of the molecule is CC[PH+](CC)CC.[W]. The van der Waals surface area contributed by atoms with Gasteiger partial charge in [0.1, 0.15) is 0 Å². The molecule has 0 aliphatic rings. The molecule has 0 saturated heterocycles. The van der Waals surface area contributed by atoms with Crippen LogP contribution >= 0.6 is 7.92 Å². The number of hydrogen-bond acceptors (Lipinski definition) is 0. The Morgan fingerprint density at radius 1 is 0.875 bits per heavy atom. The molecule has 0 aliphatic heterocycles. The van der Waals surface area contributed by atoms with Crippen molar-refractivity contribution in [3.05, 3.63) is 0 Å². The molecule has 0 amide bonds. The molecule has 0 aromatic heterocycles. The first-order chi connectivity index (χ1) is 3.35. The summed E-state index contributed by atoms with van der Waals surface area (Å²) >= 11 is 0. The molecule has 0 fully saturated rings. The second kappa shape index (κ2) is 8.12. The molecule has 0 bridgehead atoms. The van der Waals surface area contributed by atoms with E-state index in [0.717, 1.165) is 0 Å². The van der Waals surface area contributed by atoms with E-state index in [4.69, 9.17) is 0 Å². The van der Waals surface area contributed by atoms with Crippen molar-refractivity contribution in [3.63, 3.8) is 0 Å². The van der Waals surface area contributed by atoms with E-state index >= 15 is 0 Å². The zero-order valence-corrected chi connectivity index (χ0v) is 9.96. The maximum Gasteiger partial charge on any atom is 0.0543 e. The van der Waals surface area contributed by atoms with Gasteiger partial charge in [-0.3, -0.25) is 0 Å². The van der Waals surface area contributed by atoms with Gasteiger partial charge in [-0.15, -0.1) is 0 Å². The molecule has 0 nitrogen and oxygen atoms in total. The minimum atomic E-state index is 0. The molecule has 0 rings (SSSR count). The largest absolute Gasteiger partial charge is 0.0543 e. The van der Waals surface area contributed by atoms with Crippen molar-refractivity contribution in [1.29, 1.82) is 0 Å². The van der Waals surface area contributed by atoms with Crippen LogP contribution in [0.1, 0.15) is 20.8 Å². The number of rotatable bonds is 3. The molecular weight excluding hydrogens is 287 g/mol. The van der Waals surface area contributed by atoms with E-state index in [-0.39, 0.29) is 29.0 Å². The summed E-state index contributed by atoms with van der Waals surface area (Å²) in [6.07, 6.45) is 4.37. The molecule has 0 aromatic carbocycles. The van der Waals surface area contributed by atoms with Gasteiger partial charge in [-0.1, -0.05) is 0 Å². The molecule has 2 heteroatoms. The van der Waals surface area contributed by atoms with Crippen LogP contribution in [0.3, 0.4) is 0 Å². The van der Waals surface area contributed by atoms with Crippen molar-refractivity contribution in [2.24, 2.45) is 0 Å². The van der Waals surface area contributed by atoms with Crippen molar-refractivity contribution < 1.29 is 21.1 Å². The van der Waals surface area contributed by atoms with Gasteiger partial charge in [0.25, 0.3) is 0 Å². The third-order valence-corrected chi connectivity index (χ3v) is 4.50. The van der Waals surface area contributed by atoms with Gasteiger partial charge in [0.15, 0.2) is 0 Å². The van der Waals surface area contributed by atoms with Crippen LogP contribution in [-0.4, -0.2) is 18.5 Å². The summed E-state index contributed by atoms with van der Waals surface area (Å²) in [5.74, 6) is 0. The van der Waals surface area contributed by atoms with Gasteiger partial charge in [0.05, 0.1) is 18.5 Å². The summed E-state index contributed by atoms with van der Waals surface area (Å²) in [5.41, 5.74) is 0. The van der Waals surface area contributed by atoms with E-state index in [1.807, 2.05) is 0 Å². The maximum atomic E-state index is 2.31. The van der Waals surface area contributed by atoms with Crippen LogP contribution in [0.15, 0.2) is 0 Å². The van der Waals surface area contributed by atoms with Gasteiger partial charge in [-0.05, 0) is 28.7 Å². The van der Waals surface area contributed by atoms with E-state index in [9.17, 15) is 0 Å². The van der Waals surface area contributed by atoms with Crippen LogP contribution in [-0.2, 0) is 21.1 Å². The second-order valence-corrected chi connectivity index (χ2v) is 5.43. The van der Waals surface area contributed by atoms with Gasteiger partial charge in [-0.2, -0.15) is 0 Å². The smallest absolute Gasteiger partial charge is 0.0313 e. The van der Waals surface area contributed by atoms with E-state index < -0.39 is 0 Å². The van der Waals surface area contributed by atoms with Crippen molar-refractivity contribution in [3.8, 4) is 0 Å². The fourth-order valence-electron chi connectivity index (χ4n) is 0.750. The topological polar surface area (TPSA) is 0 Å². The monoisotopic (exact) mass is 303 g/mol. The van der Waals surface area contributed by atoms with Crippen molar-refractivity contribution in [2.75, 3.05) is 18.5 Å². The summed E-state index contributed by atoms with van der Waals surface area (Å²) in [5, 5.41) is 0. The molecule has 0 heterocycles. The van der Waals surface area contributed by atoms with Crippen LogP contribution in [0.2, 0.25) is 0 Å². The first kappa shape index (κ1) is 11.9. The molecular formula is C6H16PW+. The Kier molecular flexibility index (Phi) is 12.0. The molecule has 0 aromatic rings. The quantitative estimate of drug-likeness (QED) is 0.702. The Bertz CT molecular complexity index is 30.0. The second-order valence-electron chi connectivity index (χ2n) is 1.81. The van der Waals surface area contributed by atoms with Crippen molar-refractivity contribution in [2.45, 2.75) is 20.8 Å². The summed E-state index contributed by atoms with van der Waals surface area (Å²) in [6.45, 7) is 6.92. The third kappa shape index (κ3) is 5.26. The van der Waals surface area contributed by atoms with E-state index in [0.29, 0.717) is 0 Å². The first-order valence-electron chi connectivity index (χ1n) is 3.18. The standard InChI is InChI=1S/C6H15P.W/c1-4-7(5-2)6-3;/h4-6H2,1-3H3;/p+1. The fraction of sp³-hybridized carbons (Fsp3) is 1.00. The van der Waals surface area contributed by atoms with E-state index in [1.54, 1.807) is 0 Å².